The van der Waals surface area contributed by atoms with Crippen LogP contribution in [0, 0.1) is 6.92 Å². The Morgan fingerprint density at radius 3 is 2.71 bits per heavy atom. The SMILES string of the molecule is Cc1cc(CN2CCOCC2)cc2c(C(=O)O)cn(C)c12. The summed E-state index contributed by atoms with van der Waals surface area (Å²) in [6.45, 7) is 6.28. The van der Waals surface area contributed by atoms with Crippen molar-refractivity contribution in [3.63, 3.8) is 0 Å². The van der Waals surface area contributed by atoms with Gasteiger partial charge in [-0.05, 0) is 24.1 Å². The molecule has 21 heavy (non-hydrogen) atoms. The molecule has 0 bridgehead atoms. The molecule has 2 aromatic rings. The molecule has 1 aliphatic rings. The van der Waals surface area contributed by atoms with Crippen LogP contribution in [0.4, 0.5) is 0 Å². The molecule has 0 aliphatic carbocycles. The van der Waals surface area contributed by atoms with Gasteiger partial charge in [-0.25, -0.2) is 4.79 Å². The number of carbonyl (C=O) groups is 1. The van der Waals surface area contributed by atoms with Crippen molar-refractivity contribution >= 4 is 16.9 Å². The normalized spacial score (nSPS) is 16.5. The summed E-state index contributed by atoms with van der Waals surface area (Å²) in [7, 11) is 1.89. The van der Waals surface area contributed by atoms with E-state index >= 15 is 0 Å². The minimum atomic E-state index is -0.872. The van der Waals surface area contributed by atoms with Gasteiger partial charge in [0, 0.05) is 38.3 Å². The maximum atomic E-state index is 11.4. The van der Waals surface area contributed by atoms with Gasteiger partial charge < -0.3 is 14.4 Å². The quantitative estimate of drug-likeness (QED) is 0.939. The van der Waals surface area contributed by atoms with Crippen molar-refractivity contribution in [2.75, 3.05) is 26.3 Å². The Morgan fingerprint density at radius 2 is 2.05 bits per heavy atom. The van der Waals surface area contributed by atoms with Crippen LogP contribution in [0.25, 0.3) is 10.9 Å². The average Bonchev–Trinajstić information content (AvgIpc) is 2.78. The number of aromatic carboxylic acids is 1. The highest BCUT2D eigenvalue weighted by atomic mass is 16.5. The van der Waals surface area contributed by atoms with Crippen LogP contribution in [0.15, 0.2) is 18.3 Å². The largest absolute Gasteiger partial charge is 0.478 e. The summed E-state index contributed by atoms with van der Waals surface area (Å²) in [4.78, 5) is 13.7. The van der Waals surface area contributed by atoms with Crippen molar-refractivity contribution in [2.24, 2.45) is 7.05 Å². The molecule has 1 aromatic carbocycles. The molecule has 0 saturated carbocycles. The molecular weight excluding hydrogens is 268 g/mol. The number of fused-ring (bicyclic) bond motifs is 1. The number of benzene rings is 1. The van der Waals surface area contributed by atoms with Crippen LogP contribution in [0.2, 0.25) is 0 Å². The second kappa shape index (κ2) is 5.50. The van der Waals surface area contributed by atoms with Crippen LogP contribution in [0.5, 0.6) is 0 Å². The van der Waals surface area contributed by atoms with Crippen LogP contribution >= 0.6 is 0 Å². The zero-order valence-electron chi connectivity index (χ0n) is 12.4. The summed E-state index contributed by atoms with van der Waals surface area (Å²) < 4.78 is 7.26. The molecule has 1 aliphatic heterocycles. The van der Waals surface area contributed by atoms with Crippen LogP contribution in [-0.4, -0.2) is 46.8 Å². The van der Waals surface area contributed by atoms with Gasteiger partial charge in [0.05, 0.1) is 24.3 Å². The zero-order chi connectivity index (χ0) is 15.0. The van der Waals surface area contributed by atoms with Gasteiger partial charge in [-0.2, -0.15) is 0 Å². The first-order valence-electron chi connectivity index (χ1n) is 7.18. The van der Waals surface area contributed by atoms with Crippen LogP contribution in [0.1, 0.15) is 21.5 Å². The topological polar surface area (TPSA) is 54.7 Å². The van der Waals surface area contributed by atoms with E-state index in [1.165, 1.54) is 0 Å². The van der Waals surface area contributed by atoms with Crippen molar-refractivity contribution in [3.05, 3.63) is 35.0 Å². The van der Waals surface area contributed by atoms with Gasteiger partial charge in [0.15, 0.2) is 0 Å². The highest BCUT2D eigenvalue weighted by molar-refractivity contribution is 6.04. The molecule has 0 unspecified atom stereocenters. The minimum Gasteiger partial charge on any atom is -0.478 e. The Labute approximate surface area is 123 Å². The van der Waals surface area contributed by atoms with E-state index in [2.05, 4.69) is 11.0 Å². The molecule has 1 aromatic heterocycles. The van der Waals surface area contributed by atoms with E-state index in [0.29, 0.717) is 5.56 Å². The Morgan fingerprint density at radius 1 is 1.33 bits per heavy atom. The molecule has 3 rings (SSSR count). The van der Waals surface area contributed by atoms with Gasteiger partial charge in [-0.15, -0.1) is 0 Å². The van der Waals surface area contributed by atoms with E-state index in [1.54, 1.807) is 6.20 Å². The van der Waals surface area contributed by atoms with Gasteiger partial charge in [-0.3, -0.25) is 4.90 Å². The molecule has 2 heterocycles. The Bertz CT molecular complexity index is 684. The van der Waals surface area contributed by atoms with Gasteiger partial charge >= 0.3 is 5.97 Å². The second-order valence-corrected chi connectivity index (χ2v) is 5.66. The van der Waals surface area contributed by atoms with Crippen LogP contribution < -0.4 is 0 Å². The third-order valence-electron chi connectivity index (χ3n) is 4.07. The van der Waals surface area contributed by atoms with E-state index in [0.717, 1.165) is 54.9 Å². The monoisotopic (exact) mass is 288 g/mol. The molecule has 0 radical (unpaired) electrons. The molecule has 112 valence electrons. The fourth-order valence-corrected chi connectivity index (χ4v) is 3.13. The molecule has 5 nitrogen and oxygen atoms in total. The van der Waals surface area contributed by atoms with Gasteiger partial charge in [0.1, 0.15) is 0 Å². The van der Waals surface area contributed by atoms with E-state index in [9.17, 15) is 9.90 Å². The van der Waals surface area contributed by atoms with Gasteiger partial charge in [0.25, 0.3) is 0 Å². The maximum Gasteiger partial charge on any atom is 0.337 e. The third kappa shape index (κ3) is 2.66. The first-order chi connectivity index (χ1) is 10.1. The van der Waals surface area contributed by atoms with E-state index in [-0.39, 0.29) is 0 Å². The number of hydrogen-bond donors (Lipinski definition) is 1. The second-order valence-electron chi connectivity index (χ2n) is 5.66. The molecule has 0 spiro atoms. The van der Waals surface area contributed by atoms with Gasteiger partial charge in [0.2, 0.25) is 0 Å². The predicted molar refractivity (Wildman–Crippen MR) is 80.7 cm³/mol. The molecular formula is C16H20N2O3. The van der Waals surface area contributed by atoms with Gasteiger partial charge in [-0.1, -0.05) is 6.07 Å². The number of aryl methyl sites for hydroxylation is 2. The number of ether oxygens (including phenoxy) is 1. The fraction of sp³-hybridized carbons (Fsp3) is 0.438. The summed E-state index contributed by atoms with van der Waals surface area (Å²) in [6.07, 6.45) is 1.69. The van der Waals surface area contributed by atoms with E-state index in [1.807, 2.05) is 24.6 Å². The van der Waals surface area contributed by atoms with Crippen molar-refractivity contribution in [3.8, 4) is 0 Å². The van der Waals surface area contributed by atoms with Crippen molar-refractivity contribution in [1.82, 2.24) is 9.47 Å². The summed E-state index contributed by atoms with van der Waals surface area (Å²) in [5.74, 6) is -0.872. The van der Waals surface area contributed by atoms with Crippen LogP contribution in [-0.2, 0) is 18.3 Å². The number of nitrogens with zero attached hydrogens (tertiary/aromatic N) is 2. The average molecular weight is 288 g/mol. The number of carboxylic acids is 1. The number of hydrogen-bond acceptors (Lipinski definition) is 3. The lowest BCUT2D eigenvalue weighted by atomic mass is 10.0. The molecule has 1 fully saturated rings. The molecule has 5 heteroatoms. The van der Waals surface area contributed by atoms with E-state index < -0.39 is 5.97 Å². The molecule has 1 saturated heterocycles. The number of rotatable bonds is 3. The first-order valence-corrected chi connectivity index (χ1v) is 7.18. The summed E-state index contributed by atoms with van der Waals surface area (Å²) in [5.41, 5.74) is 3.65. The standard InChI is InChI=1S/C16H20N2O3/c1-11-7-12(9-18-3-5-21-6-4-18)8-13-14(16(19)20)10-17(2)15(11)13/h7-8,10H,3-6,9H2,1-2H3,(H,19,20). The Hall–Kier alpha value is -1.85. The van der Waals surface area contributed by atoms with Crippen molar-refractivity contribution in [1.29, 1.82) is 0 Å². The van der Waals surface area contributed by atoms with E-state index in [4.69, 9.17) is 4.74 Å². The number of aromatic nitrogens is 1. The lowest BCUT2D eigenvalue weighted by molar-refractivity contribution is 0.0342. The minimum absolute atomic E-state index is 0.374. The molecule has 0 atom stereocenters. The maximum absolute atomic E-state index is 11.4. The smallest absolute Gasteiger partial charge is 0.337 e. The zero-order valence-corrected chi connectivity index (χ0v) is 12.4. The number of morpholine rings is 1. The summed E-state index contributed by atoms with van der Waals surface area (Å²) in [5, 5.41) is 10.2. The van der Waals surface area contributed by atoms with Crippen molar-refractivity contribution < 1.29 is 14.6 Å². The predicted octanol–water partition coefficient (Wildman–Crippen LogP) is 2.02. The number of carboxylic acid groups (broad SMARTS) is 1. The lowest BCUT2D eigenvalue weighted by Gasteiger charge is -2.26. The summed E-state index contributed by atoms with van der Waals surface area (Å²) >= 11 is 0. The highest BCUT2D eigenvalue weighted by Crippen LogP contribution is 2.26. The lowest BCUT2D eigenvalue weighted by Crippen LogP contribution is -2.35. The molecule has 1 N–H and O–H groups in total. The van der Waals surface area contributed by atoms with Crippen LogP contribution in [0.3, 0.4) is 0 Å². The highest BCUT2D eigenvalue weighted by Gasteiger charge is 2.17. The third-order valence-corrected chi connectivity index (χ3v) is 4.07. The summed E-state index contributed by atoms with van der Waals surface area (Å²) in [6, 6.07) is 4.17. The Balaban J connectivity index is 2.00. The first kappa shape index (κ1) is 14.1. The fourth-order valence-electron chi connectivity index (χ4n) is 3.13. The van der Waals surface area contributed by atoms with Crippen molar-refractivity contribution in [2.45, 2.75) is 13.5 Å². The molecule has 0 amide bonds. The Kier molecular flexibility index (Phi) is 3.69.